The Balaban J connectivity index is 2.20. The van der Waals surface area contributed by atoms with Gasteiger partial charge in [-0.05, 0) is 46.1 Å². The molecule has 0 radical (unpaired) electrons. The van der Waals surface area contributed by atoms with E-state index in [0.29, 0.717) is 11.1 Å². The molecule has 96 valence electrons. The van der Waals surface area contributed by atoms with E-state index in [9.17, 15) is 4.39 Å². The van der Waals surface area contributed by atoms with Crippen molar-refractivity contribution in [3.8, 4) is 0 Å². The summed E-state index contributed by atoms with van der Waals surface area (Å²) in [4.78, 5) is 0. The molecule has 1 heterocycles. The van der Waals surface area contributed by atoms with Crippen LogP contribution in [0.15, 0.2) is 39.6 Å². The van der Waals surface area contributed by atoms with E-state index >= 15 is 0 Å². The first-order valence-corrected chi connectivity index (χ1v) is 6.42. The van der Waals surface area contributed by atoms with Gasteiger partial charge in [0.05, 0.1) is 17.3 Å². The Labute approximate surface area is 117 Å². The van der Waals surface area contributed by atoms with Crippen molar-refractivity contribution in [1.82, 2.24) is 5.43 Å². The monoisotopic (exact) mass is 332 g/mol. The van der Waals surface area contributed by atoms with Crippen LogP contribution < -0.4 is 11.3 Å². The van der Waals surface area contributed by atoms with Crippen molar-refractivity contribution in [2.75, 3.05) is 0 Å². The highest BCUT2D eigenvalue weighted by Gasteiger charge is 2.16. The molecular weight excluding hydrogens is 322 g/mol. The molecule has 1 aromatic carbocycles. The van der Waals surface area contributed by atoms with Gasteiger partial charge in [0, 0.05) is 5.56 Å². The van der Waals surface area contributed by atoms with E-state index in [-0.39, 0.29) is 11.1 Å². The quantitative estimate of drug-likeness (QED) is 0.664. The molecule has 0 saturated carbocycles. The molecule has 1 unspecified atom stereocenters. The lowest BCUT2D eigenvalue weighted by atomic mass is 10.0. The van der Waals surface area contributed by atoms with E-state index in [1.165, 1.54) is 6.07 Å². The molecule has 3 N–H and O–H groups in total. The van der Waals surface area contributed by atoms with Crippen molar-refractivity contribution in [2.24, 2.45) is 5.84 Å². The van der Waals surface area contributed by atoms with Crippen LogP contribution in [0.3, 0.4) is 0 Å². The molecule has 0 spiro atoms. The van der Waals surface area contributed by atoms with Gasteiger partial charge in [-0.3, -0.25) is 11.3 Å². The molecule has 1 aromatic heterocycles. The maximum Gasteiger partial charge on any atom is 0.173 e. The lowest BCUT2D eigenvalue weighted by molar-refractivity contribution is 0.506. The second kappa shape index (κ2) is 5.84. The number of furan rings is 1. The summed E-state index contributed by atoms with van der Waals surface area (Å²) in [5, 5.41) is 0.106. The van der Waals surface area contributed by atoms with Crippen molar-refractivity contribution < 1.29 is 8.81 Å². The average molecular weight is 334 g/mol. The van der Waals surface area contributed by atoms with Crippen molar-refractivity contribution in [2.45, 2.75) is 12.5 Å². The van der Waals surface area contributed by atoms with E-state index in [1.807, 2.05) is 6.07 Å². The van der Waals surface area contributed by atoms with E-state index in [1.54, 1.807) is 18.4 Å². The van der Waals surface area contributed by atoms with Gasteiger partial charge in [-0.1, -0.05) is 17.7 Å². The lowest BCUT2D eigenvalue weighted by Crippen LogP contribution is -2.29. The Kier molecular flexibility index (Phi) is 4.40. The third kappa shape index (κ3) is 2.92. The number of benzene rings is 1. The molecule has 18 heavy (non-hydrogen) atoms. The molecule has 3 nitrogen and oxygen atoms in total. The van der Waals surface area contributed by atoms with Crippen LogP contribution >= 0.6 is 27.5 Å². The summed E-state index contributed by atoms with van der Waals surface area (Å²) < 4.78 is 18.8. The van der Waals surface area contributed by atoms with Gasteiger partial charge < -0.3 is 4.42 Å². The second-order valence-corrected chi connectivity index (χ2v) is 4.95. The molecule has 1 atom stereocenters. The highest BCUT2D eigenvalue weighted by molar-refractivity contribution is 9.10. The number of nitrogens with one attached hydrogen (secondary N) is 1. The van der Waals surface area contributed by atoms with E-state index < -0.39 is 5.82 Å². The number of nitrogens with two attached hydrogens (primary N) is 1. The number of halogens is 3. The third-order valence-corrected chi connectivity index (χ3v) is 3.58. The van der Waals surface area contributed by atoms with Crippen molar-refractivity contribution in [3.63, 3.8) is 0 Å². The first-order chi connectivity index (χ1) is 8.61. The van der Waals surface area contributed by atoms with Gasteiger partial charge in [0.2, 0.25) is 0 Å². The van der Waals surface area contributed by atoms with E-state index in [2.05, 4.69) is 21.4 Å². The molecule has 0 amide bonds. The summed E-state index contributed by atoms with van der Waals surface area (Å²) >= 11 is 9.04. The van der Waals surface area contributed by atoms with Crippen LogP contribution in [0.5, 0.6) is 0 Å². The average Bonchev–Trinajstić information content (AvgIpc) is 2.77. The SMILES string of the molecule is NNC(Cc1ccc(F)c(Cl)c1)c1ccoc1Br. The Bertz CT molecular complexity index is 547. The molecule has 2 rings (SSSR count). The summed E-state index contributed by atoms with van der Waals surface area (Å²) in [7, 11) is 0. The van der Waals surface area contributed by atoms with Gasteiger partial charge in [0.25, 0.3) is 0 Å². The Morgan fingerprint density at radius 1 is 1.44 bits per heavy atom. The van der Waals surface area contributed by atoms with Gasteiger partial charge in [0.1, 0.15) is 5.82 Å². The largest absolute Gasteiger partial charge is 0.457 e. The lowest BCUT2D eigenvalue weighted by Gasteiger charge is -2.15. The van der Waals surface area contributed by atoms with Crippen LogP contribution in [0.2, 0.25) is 5.02 Å². The summed E-state index contributed by atoms with van der Waals surface area (Å²) in [6.07, 6.45) is 2.15. The second-order valence-electron chi connectivity index (χ2n) is 3.82. The summed E-state index contributed by atoms with van der Waals surface area (Å²) in [5.41, 5.74) is 4.49. The smallest absolute Gasteiger partial charge is 0.173 e. The first-order valence-electron chi connectivity index (χ1n) is 5.24. The minimum Gasteiger partial charge on any atom is -0.457 e. The Morgan fingerprint density at radius 2 is 2.22 bits per heavy atom. The van der Waals surface area contributed by atoms with Crippen LogP contribution in [0.1, 0.15) is 17.2 Å². The van der Waals surface area contributed by atoms with Crippen LogP contribution in [0.4, 0.5) is 4.39 Å². The first kappa shape index (κ1) is 13.5. The van der Waals surface area contributed by atoms with Crippen LogP contribution in [0.25, 0.3) is 0 Å². The maximum atomic E-state index is 13.1. The third-order valence-electron chi connectivity index (χ3n) is 2.65. The predicted molar refractivity (Wildman–Crippen MR) is 71.6 cm³/mol. The molecule has 0 aliphatic rings. The number of hydrogen-bond donors (Lipinski definition) is 2. The number of rotatable bonds is 4. The molecule has 0 saturated heterocycles. The maximum absolute atomic E-state index is 13.1. The summed E-state index contributed by atoms with van der Waals surface area (Å²) in [6, 6.07) is 6.30. The summed E-state index contributed by atoms with van der Waals surface area (Å²) in [6.45, 7) is 0. The molecule has 0 aliphatic heterocycles. The van der Waals surface area contributed by atoms with Gasteiger partial charge in [-0.25, -0.2) is 4.39 Å². The van der Waals surface area contributed by atoms with E-state index in [4.69, 9.17) is 21.9 Å². The van der Waals surface area contributed by atoms with Crippen molar-refractivity contribution in [3.05, 3.63) is 57.2 Å². The van der Waals surface area contributed by atoms with Gasteiger partial charge in [0.15, 0.2) is 4.67 Å². The zero-order valence-corrected chi connectivity index (χ0v) is 11.6. The molecular formula is C12H11BrClFN2O. The molecule has 0 fully saturated rings. The van der Waals surface area contributed by atoms with Crippen LogP contribution in [0, 0.1) is 5.82 Å². The minimum absolute atomic E-state index is 0.106. The highest BCUT2D eigenvalue weighted by Crippen LogP contribution is 2.27. The fraction of sp³-hybridized carbons (Fsp3) is 0.167. The zero-order chi connectivity index (χ0) is 13.1. The van der Waals surface area contributed by atoms with Crippen molar-refractivity contribution in [1.29, 1.82) is 0 Å². The number of hydrogen-bond acceptors (Lipinski definition) is 3. The molecule has 2 aromatic rings. The van der Waals surface area contributed by atoms with Gasteiger partial charge in [-0.15, -0.1) is 0 Å². The molecule has 0 aliphatic carbocycles. The number of hydrazine groups is 1. The zero-order valence-electron chi connectivity index (χ0n) is 9.29. The van der Waals surface area contributed by atoms with Crippen LogP contribution in [-0.2, 0) is 6.42 Å². The summed E-state index contributed by atoms with van der Waals surface area (Å²) in [5.74, 6) is 5.10. The Morgan fingerprint density at radius 3 is 2.78 bits per heavy atom. The normalized spacial score (nSPS) is 12.7. The topological polar surface area (TPSA) is 51.2 Å². The fourth-order valence-corrected chi connectivity index (χ4v) is 2.43. The molecule has 0 bridgehead atoms. The van der Waals surface area contributed by atoms with Crippen LogP contribution in [-0.4, -0.2) is 0 Å². The predicted octanol–water partition coefficient (Wildman–Crippen LogP) is 3.58. The van der Waals surface area contributed by atoms with Crippen molar-refractivity contribution >= 4 is 27.5 Å². The Hall–Kier alpha value is -0.880. The van der Waals surface area contributed by atoms with Gasteiger partial charge >= 0.3 is 0 Å². The molecule has 6 heteroatoms. The minimum atomic E-state index is -0.429. The standard InChI is InChI=1S/C12H11BrClFN2O/c13-12-8(3-4-18-12)11(17-16)6-7-1-2-10(15)9(14)5-7/h1-5,11,17H,6,16H2. The highest BCUT2D eigenvalue weighted by atomic mass is 79.9. The van der Waals surface area contributed by atoms with E-state index in [0.717, 1.165) is 11.1 Å². The van der Waals surface area contributed by atoms with Gasteiger partial charge in [-0.2, -0.15) is 0 Å². The fourth-order valence-electron chi connectivity index (χ4n) is 1.71.